The van der Waals surface area contributed by atoms with E-state index < -0.39 is 12.3 Å². The second-order valence-corrected chi connectivity index (χ2v) is 8.29. The van der Waals surface area contributed by atoms with E-state index in [0.717, 1.165) is 33.2 Å². The molecular formula is C29H24F3NO4. The van der Waals surface area contributed by atoms with Gasteiger partial charge < -0.3 is 19.9 Å². The standard InChI is InChI=1S/C29H24F3NO4/c30-29(31,32)37-25-14-10-21(11-15-25)17-33-18-22(16-20-8-12-24(13-9-20)28(34)35)19-36-27-7-3-5-23-4-1-2-6-26(23)27/h1-16,33H,17-19H2,(H,34,35)/b22-16-. The van der Waals surface area contributed by atoms with Gasteiger partial charge in [-0.3, -0.25) is 0 Å². The number of carboxylic acid groups (broad SMARTS) is 1. The fourth-order valence-corrected chi connectivity index (χ4v) is 3.77. The number of nitrogens with one attached hydrogen (secondary N) is 1. The minimum Gasteiger partial charge on any atom is -0.489 e. The van der Waals surface area contributed by atoms with Crippen LogP contribution in [0.2, 0.25) is 0 Å². The second-order valence-electron chi connectivity index (χ2n) is 8.29. The van der Waals surface area contributed by atoms with E-state index in [2.05, 4.69) is 10.1 Å². The Kier molecular flexibility index (Phi) is 8.10. The van der Waals surface area contributed by atoms with Gasteiger partial charge in [-0.25, -0.2) is 4.79 Å². The Morgan fingerprint density at radius 1 is 0.892 bits per heavy atom. The van der Waals surface area contributed by atoms with Crippen LogP contribution in [-0.4, -0.2) is 30.6 Å². The Morgan fingerprint density at radius 2 is 1.59 bits per heavy atom. The Balaban J connectivity index is 1.46. The smallest absolute Gasteiger partial charge is 0.489 e. The second kappa shape index (κ2) is 11.6. The van der Waals surface area contributed by atoms with Crippen molar-refractivity contribution in [2.24, 2.45) is 0 Å². The summed E-state index contributed by atoms with van der Waals surface area (Å²) in [6, 6.07) is 25.9. The number of ether oxygens (including phenoxy) is 2. The van der Waals surface area contributed by atoms with Gasteiger partial charge in [-0.05, 0) is 52.4 Å². The Hall–Kier alpha value is -4.30. The number of fused-ring (bicyclic) bond motifs is 1. The lowest BCUT2D eigenvalue weighted by Gasteiger charge is -2.14. The van der Waals surface area contributed by atoms with Crippen LogP contribution in [0.1, 0.15) is 21.5 Å². The molecule has 0 aliphatic rings. The van der Waals surface area contributed by atoms with Crippen molar-refractivity contribution in [1.29, 1.82) is 0 Å². The molecular weight excluding hydrogens is 483 g/mol. The average Bonchev–Trinajstić information content (AvgIpc) is 2.87. The molecule has 0 saturated carbocycles. The molecule has 190 valence electrons. The van der Waals surface area contributed by atoms with E-state index in [0.29, 0.717) is 13.1 Å². The maximum atomic E-state index is 12.4. The summed E-state index contributed by atoms with van der Waals surface area (Å²) in [6.45, 7) is 1.13. The number of rotatable bonds is 10. The molecule has 4 aromatic carbocycles. The summed E-state index contributed by atoms with van der Waals surface area (Å²) in [5.41, 5.74) is 2.70. The molecule has 0 heterocycles. The van der Waals surface area contributed by atoms with Crippen LogP contribution in [0.4, 0.5) is 13.2 Å². The van der Waals surface area contributed by atoms with Gasteiger partial charge in [0.2, 0.25) is 0 Å². The monoisotopic (exact) mass is 507 g/mol. The van der Waals surface area contributed by atoms with Crippen molar-refractivity contribution in [1.82, 2.24) is 5.32 Å². The summed E-state index contributed by atoms with van der Waals surface area (Å²) in [6.07, 6.45) is -2.81. The first-order valence-corrected chi connectivity index (χ1v) is 11.5. The van der Waals surface area contributed by atoms with Crippen LogP contribution in [-0.2, 0) is 6.54 Å². The number of carboxylic acids is 1. The lowest BCUT2D eigenvalue weighted by Crippen LogP contribution is -2.20. The first kappa shape index (κ1) is 25.8. The summed E-state index contributed by atoms with van der Waals surface area (Å²) in [5.74, 6) is -0.529. The van der Waals surface area contributed by atoms with E-state index >= 15 is 0 Å². The molecule has 0 bridgehead atoms. The van der Waals surface area contributed by atoms with Gasteiger partial charge in [0.05, 0.1) is 5.56 Å². The van der Waals surface area contributed by atoms with Gasteiger partial charge >= 0.3 is 12.3 Å². The zero-order chi connectivity index (χ0) is 26.3. The van der Waals surface area contributed by atoms with Crippen LogP contribution in [0, 0.1) is 0 Å². The average molecular weight is 508 g/mol. The van der Waals surface area contributed by atoms with Crippen LogP contribution in [0.25, 0.3) is 16.8 Å². The lowest BCUT2D eigenvalue weighted by atomic mass is 10.1. The number of carbonyl (C=O) groups is 1. The third-order valence-electron chi connectivity index (χ3n) is 5.53. The van der Waals surface area contributed by atoms with Crippen LogP contribution >= 0.6 is 0 Å². The number of hydrogen-bond donors (Lipinski definition) is 2. The molecule has 0 aromatic heterocycles. The van der Waals surface area contributed by atoms with E-state index in [4.69, 9.17) is 9.84 Å². The molecule has 0 unspecified atom stereocenters. The first-order valence-electron chi connectivity index (χ1n) is 11.5. The summed E-state index contributed by atoms with van der Waals surface area (Å²) in [7, 11) is 0. The van der Waals surface area contributed by atoms with Crippen LogP contribution in [0.3, 0.4) is 0 Å². The van der Waals surface area contributed by atoms with E-state index in [-0.39, 0.29) is 17.9 Å². The molecule has 8 heteroatoms. The van der Waals surface area contributed by atoms with Gasteiger partial charge in [0.15, 0.2) is 0 Å². The quantitative estimate of drug-likeness (QED) is 0.250. The Morgan fingerprint density at radius 3 is 2.30 bits per heavy atom. The molecule has 0 aliphatic carbocycles. The molecule has 2 N–H and O–H groups in total. The summed E-state index contributed by atoms with van der Waals surface area (Å²) < 4.78 is 47.2. The zero-order valence-electron chi connectivity index (χ0n) is 19.7. The third-order valence-corrected chi connectivity index (χ3v) is 5.53. The van der Waals surface area contributed by atoms with Crippen LogP contribution in [0.15, 0.2) is 96.6 Å². The molecule has 0 radical (unpaired) electrons. The molecule has 4 rings (SSSR count). The highest BCUT2D eigenvalue weighted by atomic mass is 19.4. The Bertz CT molecular complexity index is 1380. The van der Waals surface area contributed by atoms with Gasteiger partial charge in [-0.2, -0.15) is 0 Å². The topological polar surface area (TPSA) is 67.8 Å². The van der Waals surface area contributed by atoms with Crippen molar-refractivity contribution in [2.45, 2.75) is 12.9 Å². The van der Waals surface area contributed by atoms with Crippen molar-refractivity contribution in [3.05, 3.63) is 113 Å². The molecule has 0 fully saturated rings. The van der Waals surface area contributed by atoms with Crippen molar-refractivity contribution < 1.29 is 32.5 Å². The van der Waals surface area contributed by atoms with Crippen molar-refractivity contribution >= 4 is 22.8 Å². The van der Waals surface area contributed by atoms with Gasteiger partial charge in [-0.15, -0.1) is 13.2 Å². The highest BCUT2D eigenvalue weighted by Crippen LogP contribution is 2.26. The zero-order valence-corrected chi connectivity index (χ0v) is 19.7. The SMILES string of the molecule is O=C(O)c1ccc(/C=C(/CNCc2ccc(OC(F)(F)F)cc2)COc2cccc3ccccc23)cc1. The first-order chi connectivity index (χ1) is 17.8. The van der Waals surface area contributed by atoms with Crippen LogP contribution in [0.5, 0.6) is 11.5 Å². The predicted octanol–water partition coefficient (Wildman–Crippen LogP) is 6.69. The van der Waals surface area contributed by atoms with E-state index in [1.165, 1.54) is 24.3 Å². The summed E-state index contributed by atoms with van der Waals surface area (Å²) >= 11 is 0. The normalized spacial score (nSPS) is 11.9. The number of halogens is 3. The summed E-state index contributed by atoms with van der Waals surface area (Å²) in [5, 5.41) is 14.5. The predicted molar refractivity (Wildman–Crippen MR) is 136 cm³/mol. The minimum atomic E-state index is -4.73. The highest BCUT2D eigenvalue weighted by molar-refractivity contribution is 5.88. The van der Waals surface area contributed by atoms with Gasteiger partial charge in [0, 0.05) is 18.5 Å². The maximum Gasteiger partial charge on any atom is 0.573 e. The van der Waals surface area contributed by atoms with Crippen molar-refractivity contribution in [3.63, 3.8) is 0 Å². The number of aromatic carboxylic acids is 1. The third kappa shape index (κ3) is 7.59. The van der Waals surface area contributed by atoms with Crippen molar-refractivity contribution in [2.75, 3.05) is 13.2 Å². The molecule has 0 amide bonds. The molecule has 0 atom stereocenters. The molecule has 0 saturated heterocycles. The van der Waals surface area contributed by atoms with E-state index in [9.17, 15) is 18.0 Å². The van der Waals surface area contributed by atoms with E-state index in [1.54, 1.807) is 24.3 Å². The number of alkyl halides is 3. The number of benzene rings is 4. The molecule has 4 aromatic rings. The van der Waals surface area contributed by atoms with Crippen LogP contribution < -0.4 is 14.8 Å². The van der Waals surface area contributed by atoms with Gasteiger partial charge in [-0.1, -0.05) is 66.7 Å². The van der Waals surface area contributed by atoms with E-state index in [1.807, 2.05) is 48.5 Å². The molecule has 5 nitrogen and oxygen atoms in total. The lowest BCUT2D eigenvalue weighted by molar-refractivity contribution is -0.274. The molecule has 0 spiro atoms. The fraction of sp³-hybridized carbons (Fsp3) is 0.138. The molecule has 37 heavy (non-hydrogen) atoms. The highest BCUT2D eigenvalue weighted by Gasteiger charge is 2.30. The summed E-state index contributed by atoms with van der Waals surface area (Å²) in [4.78, 5) is 11.2. The number of hydrogen-bond acceptors (Lipinski definition) is 4. The van der Waals surface area contributed by atoms with Crippen molar-refractivity contribution in [3.8, 4) is 11.5 Å². The minimum absolute atomic E-state index is 0.196. The van der Waals surface area contributed by atoms with Gasteiger partial charge in [0.25, 0.3) is 0 Å². The van der Waals surface area contributed by atoms with Gasteiger partial charge in [0.1, 0.15) is 18.1 Å². The maximum absolute atomic E-state index is 12.4. The Labute approximate surface area is 211 Å². The largest absolute Gasteiger partial charge is 0.573 e. The fourth-order valence-electron chi connectivity index (χ4n) is 3.77. The molecule has 0 aliphatic heterocycles.